The second kappa shape index (κ2) is 12.3. The summed E-state index contributed by atoms with van der Waals surface area (Å²) in [7, 11) is 1.60. The molecule has 1 aliphatic heterocycles. The largest absolute Gasteiger partial charge is 0.497 e. The van der Waals surface area contributed by atoms with Gasteiger partial charge in [0.1, 0.15) is 18.2 Å². The number of carbonyl (C=O) groups excluding carboxylic acids is 2. The summed E-state index contributed by atoms with van der Waals surface area (Å²) in [5.41, 5.74) is 5.67. The van der Waals surface area contributed by atoms with Crippen LogP contribution in [0.1, 0.15) is 39.2 Å². The highest BCUT2D eigenvalue weighted by Crippen LogP contribution is 2.44. The smallest absolute Gasteiger partial charge is 0.336 e. The molecule has 0 bridgehead atoms. The SMILES string of the molecule is CCOC(=O)C1=C(C)N(Cn2c(-c3ccccc3)nc3ccccc32)C(C)=C(C(=O)OCC)C1c1ccc(OC)cc1. The fourth-order valence-electron chi connectivity index (χ4n) is 5.56. The Labute approximate surface area is 245 Å². The van der Waals surface area contributed by atoms with Crippen LogP contribution >= 0.6 is 0 Å². The van der Waals surface area contributed by atoms with Crippen LogP contribution in [0.5, 0.6) is 5.75 Å². The van der Waals surface area contributed by atoms with Crippen molar-refractivity contribution in [3.8, 4) is 17.1 Å². The van der Waals surface area contributed by atoms with Gasteiger partial charge in [-0.2, -0.15) is 0 Å². The third-order valence-corrected chi connectivity index (χ3v) is 7.58. The molecule has 0 saturated heterocycles. The van der Waals surface area contributed by atoms with Crippen molar-refractivity contribution in [2.24, 2.45) is 0 Å². The molecule has 0 spiro atoms. The fraction of sp³-hybridized carbons (Fsp3) is 0.265. The van der Waals surface area contributed by atoms with E-state index in [4.69, 9.17) is 19.2 Å². The summed E-state index contributed by atoms with van der Waals surface area (Å²) in [5.74, 6) is -0.181. The lowest BCUT2D eigenvalue weighted by molar-refractivity contribution is -0.139. The monoisotopic (exact) mass is 565 g/mol. The zero-order valence-corrected chi connectivity index (χ0v) is 24.6. The summed E-state index contributed by atoms with van der Waals surface area (Å²) in [6.07, 6.45) is 0. The molecule has 0 atom stereocenters. The molecule has 1 aliphatic rings. The molecule has 8 heteroatoms. The van der Waals surface area contributed by atoms with Crippen LogP contribution in [0.2, 0.25) is 0 Å². The van der Waals surface area contributed by atoms with E-state index >= 15 is 0 Å². The average molecular weight is 566 g/mol. The van der Waals surface area contributed by atoms with Crippen LogP contribution in [-0.4, -0.2) is 46.7 Å². The van der Waals surface area contributed by atoms with Crippen LogP contribution in [-0.2, 0) is 25.7 Å². The van der Waals surface area contributed by atoms with Crippen molar-refractivity contribution in [1.29, 1.82) is 0 Å². The zero-order valence-electron chi connectivity index (χ0n) is 24.6. The van der Waals surface area contributed by atoms with E-state index in [0.29, 0.717) is 35.0 Å². The number of imidazole rings is 1. The molecule has 3 aromatic carbocycles. The van der Waals surface area contributed by atoms with Crippen molar-refractivity contribution in [1.82, 2.24) is 14.5 Å². The molecule has 0 amide bonds. The van der Waals surface area contributed by atoms with Gasteiger partial charge in [0.25, 0.3) is 0 Å². The number of methoxy groups -OCH3 is 1. The van der Waals surface area contributed by atoms with E-state index in [1.807, 2.05) is 97.6 Å². The lowest BCUT2D eigenvalue weighted by Crippen LogP contribution is -2.36. The molecule has 1 aromatic heterocycles. The molecule has 8 nitrogen and oxygen atoms in total. The van der Waals surface area contributed by atoms with Crippen LogP contribution in [0, 0.1) is 0 Å². The van der Waals surface area contributed by atoms with Crippen molar-refractivity contribution in [2.45, 2.75) is 40.3 Å². The number of aromatic nitrogens is 2. The Balaban J connectivity index is 1.72. The first-order chi connectivity index (χ1) is 20.4. The van der Waals surface area contributed by atoms with Gasteiger partial charge in [-0.1, -0.05) is 54.6 Å². The molecule has 0 unspecified atom stereocenters. The van der Waals surface area contributed by atoms with E-state index in [2.05, 4.69) is 4.57 Å². The zero-order chi connectivity index (χ0) is 29.8. The maximum Gasteiger partial charge on any atom is 0.336 e. The van der Waals surface area contributed by atoms with E-state index in [0.717, 1.165) is 28.0 Å². The van der Waals surface area contributed by atoms with Crippen molar-refractivity contribution in [2.75, 3.05) is 20.3 Å². The first kappa shape index (κ1) is 28.7. The molecule has 2 heterocycles. The topological polar surface area (TPSA) is 82.9 Å². The third kappa shape index (κ3) is 5.28. The number of rotatable bonds is 9. The predicted octanol–water partition coefficient (Wildman–Crippen LogP) is 6.44. The van der Waals surface area contributed by atoms with Crippen molar-refractivity contribution in [3.05, 3.63) is 107 Å². The molecule has 216 valence electrons. The lowest BCUT2D eigenvalue weighted by atomic mass is 9.79. The minimum atomic E-state index is -0.682. The van der Waals surface area contributed by atoms with Gasteiger partial charge in [-0.25, -0.2) is 14.6 Å². The van der Waals surface area contributed by atoms with E-state index in [9.17, 15) is 9.59 Å². The number of ether oxygens (including phenoxy) is 3. The molecular formula is C34H35N3O5. The van der Waals surface area contributed by atoms with Crippen LogP contribution in [0.3, 0.4) is 0 Å². The summed E-state index contributed by atoms with van der Waals surface area (Å²) in [6.45, 7) is 8.05. The minimum Gasteiger partial charge on any atom is -0.497 e. The van der Waals surface area contributed by atoms with Gasteiger partial charge in [-0.15, -0.1) is 0 Å². The number of fused-ring (bicyclic) bond motifs is 1. The van der Waals surface area contributed by atoms with E-state index < -0.39 is 17.9 Å². The van der Waals surface area contributed by atoms with Gasteiger partial charge >= 0.3 is 11.9 Å². The molecule has 0 radical (unpaired) electrons. The van der Waals surface area contributed by atoms with Gasteiger partial charge in [0, 0.05) is 17.0 Å². The van der Waals surface area contributed by atoms with Crippen LogP contribution in [0.25, 0.3) is 22.4 Å². The lowest BCUT2D eigenvalue weighted by Gasteiger charge is -2.38. The van der Waals surface area contributed by atoms with Crippen LogP contribution in [0.4, 0.5) is 0 Å². The summed E-state index contributed by atoms with van der Waals surface area (Å²) >= 11 is 0. The second-order valence-electron chi connectivity index (χ2n) is 9.93. The van der Waals surface area contributed by atoms with Gasteiger partial charge in [-0.05, 0) is 57.5 Å². The van der Waals surface area contributed by atoms with E-state index in [1.54, 1.807) is 21.0 Å². The summed E-state index contributed by atoms with van der Waals surface area (Å²) in [6, 6.07) is 25.3. The molecule has 42 heavy (non-hydrogen) atoms. The number of allylic oxidation sites excluding steroid dienone is 2. The van der Waals surface area contributed by atoms with Crippen LogP contribution < -0.4 is 4.74 Å². The quantitative estimate of drug-likeness (QED) is 0.216. The van der Waals surface area contributed by atoms with E-state index in [-0.39, 0.29) is 13.2 Å². The summed E-state index contributed by atoms with van der Waals surface area (Å²) in [4.78, 5) is 34.3. The van der Waals surface area contributed by atoms with Crippen LogP contribution in [0.15, 0.2) is 101 Å². The Morgan fingerprint density at radius 3 is 1.93 bits per heavy atom. The van der Waals surface area contributed by atoms with Gasteiger partial charge in [0.2, 0.25) is 0 Å². The highest BCUT2D eigenvalue weighted by atomic mass is 16.5. The number of para-hydroxylation sites is 2. The maximum absolute atomic E-state index is 13.7. The number of benzene rings is 3. The maximum atomic E-state index is 13.7. The molecular weight excluding hydrogens is 530 g/mol. The Kier molecular flexibility index (Phi) is 8.43. The minimum absolute atomic E-state index is 0.201. The molecule has 0 N–H and O–H groups in total. The van der Waals surface area contributed by atoms with Gasteiger partial charge in [-0.3, -0.25) is 0 Å². The number of hydrogen-bond donors (Lipinski definition) is 0. The number of carbonyl (C=O) groups is 2. The van der Waals surface area contributed by atoms with Crippen molar-refractivity contribution < 1.29 is 23.8 Å². The first-order valence-corrected chi connectivity index (χ1v) is 14.1. The Hall–Kier alpha value is -4.85. The Morgan fingerprint density at radius 2 is 1.36 bits per heavy atom. The number of hydrogen-bond acceptors (Lipinski definition) is 7. The molecule has 0 fully saturated rings. The molecule has 4 aromatic rings. The molecule has 0 aliphatic carbocycles. The Bertz CT molecular complexity index is 1630. The molecule has 0 saturated carbocycles. The fourth-order valence-corrected chi connectivity index (χ4v) is 5.56. The van der Waals surface area contributed by atoms with E-state index in [1.165, 1.54) is 0 Å². The average Bonchev–Trinajstić information content (AvgIpc) is 3.38. The normalized spacial score (nSPS) is 14.0. The van der Waals surface area contributed by atoms with Gasteiger partial charge in [0.05, 0.1) is 48.4 Å². The van der Waals surface area contributed by atoms with Crippen molar-refractivity contribution in [3.63, 3.8) is 0 Å². The second-order valence-corrected chi connectivity index (χ2v) is 9.93. The highest BCUT2D eigenvalue weighted by molar-refractivity contribution is 6.00. The number of esters is 2. The Morgan fingerprint density at radius 1 is 0.786 bits per heavy atom. The molecule has 5 rings (SSSR count). The highest BCUT2D eigenvalue weighted by Gasteiger charge is 2.41. The predicted molar refractivity (Wildman–Crippen MR) is 161 cm³/mol. The first-order valence-electron chi connectivity index (χ1n) is 14.1. The summed E-state index contributed by atoms with van der Waals surface area (Å²) < 4.78 is 18.6. The standard InChI is InChI=1S/C34H35N3O5/c1-6-41-33(38)29-22(3)36(21-37-28-16-12-11-15-27(28)35-32(37)25-13-9-8-10-14-25)23(4)30(34(39)42-7-2)31(29)24-17-19-26(40-5)20-18-24/h8-20,31H,6-7,21H2,1-5H3. The third-order valence-electron chi connectivity index (χ3n) is 7.58. The summed E-state index contributed by atoms with van der Waals surface area (Å²) in [5, 5.41) is 0. The van der Waals surface area contributed by atoms with Crippen molar-refractivity contribution >= 4 is 23.0 Å². The number of nitrogens with zero attached hydrogens (tertiary/aromatic N) is 3. The van der Waals surface area contributed by atoms with Gasteiger partial charge < -0.3 is 23.7 Å². The van der Waals surface area contributed by atoms with Gasteiger partial charge in [0.15, 0.2) is 0 Å².